The molecule has 1 unspecified atom stereocenters. The molecule has 0 bridgehead atoms. The second kappa shape index (κ2) is 11.8. The van der Waals surface area contributed by atoms with Crippen LogP contribution < -0.4 is 10.6 Å². The van der Waals surface area contributed by atoms with Gasteiger partial charge in [0, 0.05) is 43.5 Å². The minimum atomic E-state index is -0.208. The number of carbonyl (C=O) groups is 2. The molecule has 0 aliphatic carbocycles. The number of hydrogen-bond acceptors (Lipinski definition) is 3. The number of amides is 3. The van der Waals surface area contributed by atoms with Crippen LogP contribution in [0.4, 0.5) is 10.5 Å². The number of nitrogens with zero attached hydrogens (tertiary/aromatic N) is 2. The number of piperidine rings is 1. The van der Waals surface area contributed by atoms with Crippen molar-refractivity contribution in [1.82, 2.24) is 15.1 Å². The van der Waals surface area contributed by atoms with Gasteiger partial charge in [0.05, 0.1) is 0 Å². The van der Waals surface area contributed by atoms with Crippen LogP contribution in [0, 0.1) is 12.8 Å². The van der Waals surface area contributed by atoms with Crippen molar-refractivity contribution in [3.63, 3.8) is 0 Å². The predicted molar refractivity (Wildman–Crippen MR) is 134 cm³/mol. The number of anilines is 1. The molecule has 0 aromatic heterocycles. The number of benzene rings is 2. The Morgan fingerprint density at radius 3 is 2.42 bits per heavy atom. The fourth-order valence-electron chi connectivity index (χ4n) is 4.29. The molecule has 6 heteroatoms. The quantitative estimate of drug-likeness (QED) is 0.601. The molecule has 6 nitrogen and oxygen atoms in total. The lowest BCUT2D eigenvalue weighted by Gasteiger charge is -2.33. The van der Waals surface area contributed by atoms with Gasteiger partial charge in [0.2, 0.25) is 0 Å². The summed E-state index contributed by atoms with van der Waals surface area (Å²) >= 11 is 0. The third-order valence-electron chi connectivity index (χ3n) is 6.39. The summed E-state index contributed by atoms with van der Waals surface area (Å²) in [5.74, 6) is 0.335. The first-order chi connectivity index (χ1) is 15.9. The highest BCUT2D eigenvalue weighted by Gasteiger charge is 2.25. The lowest BCUT2D eigenvalue weighted by Crippen LogP contribution is -2.44. The van der Waals surface area contributed by atoms with Crippen LogP contribution in [0.1, 0.15) is 55.1 Å². The van der Waals surface area contributed by atoms with Gasteiger partial charge in [-0.3, -0.25) is 9.69 Å². The van der Waals surface area contributed by atoms with E-state index < -0.39 is 0 Å². The Morgan fingerprint density at radius 1 is 1.09 bits per heavy atom. The van der Waals surface area contributed by atoms with Gasteiger partial charge in [-0.25, -0.2) is 4.79 Å². The zero-order valence-electron chi connectivity index (χ0n) is 20.4. The summed E-state index contributed by atoms with van der Waals surface area (Å²) < 4.78 is 0. The van der Waals surface area contributed by atoms with E-state index in [9.17, 15) is 9.59 Å². The third-order valence-corrected chi connectivity index (χ3v) is 6.39. The van der Waals surface area contributed by atoms with Crippen LogP contribution in [0.3, 0.4) is 0 Å². The number of likely N-dealkylation sites (tertiary alicyclic amines) is 1. The minimum Gasteiger partial charge on any atom is -0.338 e. The molecule has 1 saturated heterocycles. The maximum atomic E-state index is 13.1. The first-order valence-corrected chi connectivity index (χ1v) is 12.1. The smallest absolute Gasteiger partial charge is 0.319 e. The molecule has 1 fully saturated rings. The van der Waals surface area contributed by atoms with Crippen LogP contribution in [0.15, 0.2) is 48.5 Å². The first kappa shape index (κ1) is 24.8. The van der Waals surface area contributed by atoms with Crippen LogP contribution in [-0.4, -0.2) is 54.0 Å². The molecule has 1 heterocycles. The zero-order chi connectivity index (χ0) is 23.8. The summed E-state index contributed by atoms with van der Waals surface area (Å²) in [6.07, 6.45) is 1.96. The maximum absolute atomic E-state index is 13.1. The van der Waals surface area contributed by atoms with E-state index in [0.717, 1.165) is 49.3 Å². The van der Waals surface area contributed by atoms with E-state index in [1.54, 1.807) is 0 Å². The van der Waals surface area contributed by atoms with Crippen LogP contribution in [0.2, 0.25) is 0 Å². The second-order valence-electron chi connectivity index (χ2n) is 9.31. The van der Waals surface area contributed by atoms with Crippen LogP contribution in [0.25, 0.3) is 0 Å². The predicted octanol–water partition coefficient (Wildman–Crippen LogP) is 4.90. The Bertz CT molecular complexity index is 909. The fourth-order valence-corrected chi connectivity index (χ4v) is 4.29. The van der Waals surface area contributed by atoms with Gasteiger partial charge < -0.3 is 15.5 Å². The van der Waals surface area contributed by atoms with E-state index in [1.165, 1.54) is 5.56 Å². The lowest BCUT2D eigenvalue weighted by molar-refractivity contribution is 0.0675. The Kier molecular flexibility index (Phi) is 8.89. The minimum absolute atomic E-state index is 0.0755. The highest BCUT2D eigenvalue weighted by Crippen LogP contribution is 2.19. The van der Waals surface area contributed by atoms with Crippen molar-refractivity contribution in [3.8, 4) is 0 Å². The van der Waals surface area contributed by atoms with Gasteiger partial charge in [-0.1, -0.05) is 36.8 Å². The van der Waals surface area contributed by atoms with Gasteiger partial charge in [-0.15, -0.1) is 0 Å². The number of aryl methyl sites for hydroxylation is 1. The second-order valence-corrected chi connectivity index (χ2v) is 9.31. The van der Waals surface area contributed by atoms with Crippen LogP contribution >= 0.6 is 0 Å². The molecular weight excluding hydrogens is 412 g/mol. The highest BCUT2D eigenvalue weighted by atomic mass is 16.2. The van der Waals surface area contributed by atoms with E-state index in [-0.39, 0.29) is 17.9 Å². The normalized spacial score (nSPS) is 16.2. The molecule has 3 amide bonds. The molecule has 1 aliphatic heterocycles. The van der Waals surface area contributed by atoms with E-state index in [0.29, 0.717) is 19.1 Å². The summed E-state index contributed by atoms with van der Waals surface area (Å²) in [7, 11) is 0. The van der Waals surface area contributed by atoms with Crippen LogP contribution in [0.5, 0.6) is 0 Å². The Balaban J connectivity index is 1.49. The fraction of sp³-hybridized carbons (Fsp3) is 0.481. The summed E-state index contributed by atoms with van der Waals surface area (Å²) in [5, 5.41) is 5.83. The molecule has 0 spiro atoms. The van der Waals surface area contributed by atoms with Crippen molar-refractivity contribution in [2.45, 2.75) is 53.1 Å². The topological polar surface area (TPSA) is 64.7 Å². The number of rotatable bonds is 8. The van der Waals surface area contributed by atoms with Crippen molar-refractivity contribution in [2.75, 3.05) is 31.5 Å². The van der Waals surface area contributed by atoms with Crippen molar-refractivity contribution >= 4 is 17.6 Å². The summed E-state index contributed by atoms with van der Waals surface area (Å²) in [6.45, 7) is 12.5. The first-order valence-electron chi connectivity index (χ1n) is 12.1. The maximum Gasteiger partial charge on any atom is 0.319 e. The average molecular weight is 451 g/mol. The summed E-state index contributed by atoms with van der Waals surface area (Å²) in [5.41, 5.74) is 3.89. The molecule has 1 aliphatic rings. The largest absolute Gasteiger partial charge is 0.338 e. The number of urea groups is 1. The standard InChI is InChI=1S/C27H38N4O2/c1-5-30(20(2)3)18-22-10-12-24(13-11-22)26(32)31-16-6-7-23(19-31)17-28-27(33)29-25-14-8-21(4)9-15-25/h8-15,20,23H,5-7,16-19H2,1-4H3,(H2,28,29,33). The third kappa shape index (κ3) is 7.32. The SMILES string of the molecule is CCN(Cc1ccc(C(=O)N2CCCC(CNC(=O)Nc3ccc(C)cc3)C2)cc1)C(C)C. The van der Waals surface area contributed by atoms with E-state index in [4.69, 9.17) is 0 Å². The molecule has 178 valence electrons. The molecule has 33 heavy (non-hydrogen) atoms. The number of nitrogens with one attached hydrogen (secondary N) is 2. The van der Waals surface area contributed by atoms with Gasteiger partial charge in [0.15, 0.2) is 0 Å². The molecule has 0 radical (unpaired) electrons. The molecule has 1 atom stereocenters. The number of hydrogen-bond donors (Lipinski definition) is 2. The Hall–Kier alpha value is -2.86. The highest BCUT2D eigenvalue weighted by molar-refractivity contribution is 5.94. The van der Waals surface area contributed by atoms with Gasteiger partial charge in [0.25, 0.3) is 5.91 Å². The van der Waals surface area contributed by atoms with Gasteiger partial charge in [0.1, 0.15) is 0 Å². The van der Waals surface area contributed by atoms with Crippen molar-refractivity contribution < 1.29 is 9.59 Å². The Morgan fingerprint density at radius 2 is 1.79 bits per heavy atom. The zero-order valence-corrected chi connectivity index (χ0v) is 20.4. The Labute approximate surface area is 198 Å². The van der Waals surface area contributed by atoms with Gasteiger partial charge in [-0.05, 0) is 75.9 Å². The molecule has 2 aromatic rings. The summed E-state index contributed by atoms with van der Waals surface area (Å²) in [6, 6.07) is 16.0. The number of carbonyl (C=O) groups excluding carboxylic acids is 2. The van der Waals surface area contributed by atoms with Crippen molar-refractivity contribution in [3.05, 3.63) is 65.2 Å². The van der Waals surface area contributed by atoms with Gasteiger partial charge >= 0.3 is 6.03 Å². The van der Waals surface area contributed by atoms with Crippen LogP contribution in [-0.2, 0) is 6.54 Å². The average Bonchev–Trinajstić information content (AvgIpc) is 2.82. The molecular formula is C27H38N4O2. The molecule has 2 N–H and O–H groups in total. The molecule has 2 aromatic carbocycles. The van der Waals surface area contributed by atoms with Crippen molar-refractivity contribution in [2.24, 2.45) is 5.92 Å². The van der Waals surface area contributed by atoms with E-state index >= 15 is 0 Å². The molecule has 3 rings (SSSR count). The van der Waals surface area contributed by atoms with Gasteiger partial charge in [-0.2, -0.15) is 0 Å². The van der Waals surface area contributed by atoms with E-state index in [1.807, 2.05) is 48.2 Å². The lowest BCUT2D eigenvalue weighted by atomic mass is 9.97. The monoisotopic (exact) mass is 450 g/mol. The van der Waals surface area contributed by atoms with E-state index in [2.05, 4.69) is 48.4 Å². The molecule has 0 saturated carbocycles. The summed E-state index contributed by atoms with van der Waals surface area (Å²) in [4.78, 5) is 29.6. The van der Waals surface area contributed by atoms with Crippen molar-refractivity contribution in [1.29, 1.82) is 0 Å².